The Bertz CT molecular complexity index is 1320. The molecule has 0 unspecified atom stereocenters. The van der Waals surface area contributed by atoms with Gasteiger partial charge in [-0.25, -0.2) is 4.98 Å². The quantitative estimate of drug-likeness (QED) is 0.223. The fourth-order valence-electron chi connectivity index (χ4n) is 3.19. The molecule has 0 atom stereocenters. The van der Waals surface area contributed by atoms with Gasteiger partial charge in [0.1, 0.15) is 23.6 Å². The Kier molecular flexibility index (Phi) is 6.74. The van der Waals surface area contributed by atoms with Gasteiger partial charge in [0.2, 0.25) is 0 Å². The van der Waals surface area contributed by atoms with Gasteiger partial charge in [0.25, 0.3) is 0 Å². The zero-order chi connectivity index (χ0) is 22.5. The fourth-order valence-corrected chi connectivity index (χ4v) is 3.56. The molecule has 0 fully saturated rings. The van der Waals surface area contributed by atoms with Gasteiger partial charge in [0.15, 0.2) is 0 Å². The van der Waals surface area contributed by atoms with Crippen LogP contribution in [0, 0.1) is 0 Å². The highest BCUT2D eigenvalue weighted by Crippen LogP contribution is 2.28. The summed E-state index contributed by atoms with van der Waals surface area (Å²) in [5, 5.41) is 2.17. The molecule has 1 heterocycles. The summed E-state index contributed by atoms with van der Waals surface area (Å²) < 4.78 is 11.3. The van der Waals surface area contributed by atoms with E-state index in [-0.39, 0.29) is 0 Å². The number of ether oxygens (including phenoxy) is 2. The molecule has 3 aromatic carbocycles. The highest BCUT2D eigenvalue weighted by molar-refractivity contribution is 6.31. The molecule has 6 heteroatoms. The second-order valence-corrected chi connectivity index (χ2v) is 7.90. The number of fused-ring (bicyclic) bond motifs is 1. The van der Waals surface area contributed by atoms with Gasteiger partial charge in [-0.15, -0.1) is 0 Å². The number of rotatable bonds is 6. The molecule has 0 radical (unpaired) electrons. The van der Waals surface area contributed by atoms with Crippen molar-refractivity contribution in [2.45, 2.75) is 13.5 Å². The summed E-state index contributed by atoms with van der Waals surface area (Å²) in [4.78, 5) is 16.1. The lowest BCUT2D eigenvalue weighted by Crippen LogP contribution is -2.02. The zero-order valence-corrected chi connectivity index (χ0v) is 18.7. The topological polar surface area (TPSA) is 48.4 Å². The van der Waals surface area contributed by atoms with Crippen molar-refractivity contribution < 1.29 is 14.3 Å². The molecule has 1 aromatic heterocycles. The number of hydrogen-bond acceptors (Lipinski definition) is 4. The second kappa shape index (κ2) is 9.86. The van der Waals surface area contributed by atoms with Crippen LogP contribution in [0.3, 0.4) is 0 Å². The van der Waals surface area contributed by atoms with Crippen LogP contribution in [0.15, 0.2) is 72.8 Å². The van der Waals surface area contributed by atoms with E-state index in [1.165, 1.54) is 6.92 Å². The lowest BCUT2D eigenvalue weighted by molar-refractivity contribution is -0.131. The van der Waals surface area contributed by atoms with Crippen molar-refractivity contribution >= 4 is 52.2 Å². The summed E-state index contributed by atoms with van der Waals surface area (Å²) in [5.74, 6) is 0.704. The standard InChI is InChI=1S/C26H19Cl2NO3/c1-17(30)32-24-14-11-21(27)15-19(24)10-13-22-12-9-18-6-4-8-25(26(18)29-22)31-16-20-5-2-3-7-23(20)28/h2-15H,16H2,1H3/b13-10-. The largest absolute Gasteiger partial charge is 0.487 e. The number of halogens is 2. The van der Waals surface area contributed by atoms with Crippen LogP contribution in [0.2, 0.25) is 10.0 Å². The van der Waals surface area contributed by atoms with Gasteiger partial charge < -0.3 is 9.47 Å². The number of hydrogen-bond donors (Lipinski definition) is 0. The van der Waals surface area contributed by atoms with Crippen LogP contribution >= 0.6 is 23.2 Å². The van der Waals surface area contributed by atoms with E-state index in [1.807, 2.05) is 66.7 Å². The van der Waals surface area contributed by atoms with Crippen molar-refractivity contribution in [2.24, 2.45) is 0 Å². The summed E-state index contributed by atoms with van der Waals surface area (Å²) in [7, 11) is 0. The van der Waals surface area contributed by atoms with Gasteiger partial charge in [0, 0.05) is 33.5 Å². The zero-order valence-electron chi connectivity index (χ0n) is 17.2. The Morgan fingerprint density at radius 1 is 0.938 bits per heavy atom. The van der Waals surface area contributed by atoms with E-state index in [9.17, 15) is 4.79 Å². The average Bonchev–Trinajstić information content (AvgIpc) is 2.78. The Labute approximate surface area is 196 Å². The van der Waals surface area contributed by atoms with Gasteiger partial charge in [-0.2, -0.15) is 0 Å². The number of nitrogens with zero attached hydrogens (tertiary/aromatic N) is 1. The maximum atomic E-state index is 11.4. The first kappa shape index (κ1) is 21.9. The summed E-state index contributed by atoms with van der Waals surface area (Å²) in [6, 6.07) is 22.3. The monoisotopic (exact) mass is 463 g/mol. The molecule has 0 aliphatic carbocycles. The third-order valence-corrected chi connectivity index (χ3v) is 5.31. The minimum absolute atomic E-state index is 0.342. The highest BCUT2D eigenvalue weighted by atomic mass is 35.5. The molecular formula is C26H19Cl2NO3. The SMILES string of the molecule is CC(=O)Oc1ccc(Cl)cc1/C=C\c1ccc2cccc(OCc3ccccc3Cl)c2n1. The molecular weight excluding hydrogens is 445 g/mol. The Hall–Kier alpha value is -3.34. The lowest BCUT2D eigenvalue weighted by atomic mass is 10.1. The van der Waals surface area contributed by atoms with Crippen molar-refractivity contribution in [1.82, 2.24) is 4.98 Å². The molecule has 0 aliphatic rings. The predicted molar refractivity (Wildman–Crippen MR) is 129 cm³/mol. The van der Waals surface area contributed by atoms with E-state index in [1.54, 1.807) is 18.2 Å². The van der Waals surface area contributed by atoms with Crippen LogP contribution in [0.5, 0.6) is 11.5 Å². The molecule has 0 saturated heterocycles. The number of aromatic nitrogens is 1. The van der Waals surface area contributed by atoms with Crippen LogP contribution in [0.1, 0.15) is 23.7 Å². The molecule has 0 aliphatic heterocycles. The minimum atomic E-state index is -0.397. The van der Waals surface area contributed by atoms with Crippen LogP contribution in [0.4, 0.5) is 0 Å². The number of carbonyl (C=O) groups is 1. The number of esters is 1. The molecule has 32 heavy (non-hydrogen) atoms. The molecule has 4 rings (SSSR count). The Morgan fingerprint density at radius 2 is 1.78 bits per heavy atom. The van der Waals surface area contributed by atoms with Crippen molar-refractivity contribution in [3.05, 3.63) is 99.7 Å². The van der Waals surface area contributed by atoms with Crippen molar-refractivity contribution in [3.63, 3.8) is 0 Å². The van der Waals surface area contributed by atoms with Crippen LogP contribution in [-0.2, 0) is 11.4 Å². The van der Waals surface area contributed by atoms with Gasteiger partial charge in [-0.1, -0.05) is 59.6 Å². The molecule has 0 N–H and O–H groups in total. The number of para-hydroxylation sites is 1. The number of pyridine rings is 1. The van der Waals surface area contributed by atoms with Gasteiger partial charge in [-0.3, -0.25) is 4.79 Å². The van der Waals surface area contributed by atoms with E-state index < -0.39 is 5.97 Å². The van der Waals surface area contributed by atoms with Gasteiger partial charge in [0.05, 0.1) is 5.69 Å². The third kappa shape index (κ3) is 5.28. The number of benzene rings is 3. The van der Waals surface area contributed by atoms with Crippen molar-refractivity contribution in [2.75, 3.05) is 0 Å². The van der Waals surface area contributed by atoms with Crippen LogP contribution in [0.25, 0.3) is 23.1 Å². The Morgan fingerprint density at radius 3 is 2.59 bits per heavy atom. The van der Waals surface area contributed by atoms with Crippen LogP contribution in [-0.4, -0.2) is 11.0 Å². The molecule has 0 saturated carbocycles. The normalized spacial score (nSPS) is 11.1. The molecule has 0 bridgehead atoms. The predicted octanol–water partition coefficient (Wildman–Crippen LogP) is 7.22. The fraction of sp³-hybridized carbons (Fsp3) is 0.0769. The maximum Gasteiger partial charge on any atom is 0.308 e. The van der Waals surface area contributed by atoms with Gasteiger partial charge >= 0.3 is 5.97 Å². The summed E-state index contributed by atoms with van der Waals surface area (Å²) >= 11 is 12.4. The van der Waals surface area contributed by atoms with E-state index in [0.29, 0.717) is 33.7 Å². The molecule has 0 spiro atoms. The first-order chi connectivity index (χ1) is 15.5. The Balaban J connectivity index is 1.62. The van der Waals surface area contributed by atoms with E-state index in [2.05, 4.69) is 0 Å². The summed E-state index contributed by atoms with van der Waals surface area (Å²) in [5.41, 5.74) is 3.05. The molecule has 160 valence electrons. The van der Waals surface area contributed by atoms with E-state index >= 15 is 0 Å². The first-order valence-electron chi connectivity index (χ1n) is 9.91. The van der Waals surface area contributed by atoms with Crippen molar-refractivity contribution in [3.8, 4) is 11.5 Å². The highest BCUT2D eigenvalue weighted by Gasteiger charge is 2.08. The second-order valence-electron chi connectivity index (χ2n) is 7.05. The maximum absolute atomic E-state index is 11.4. The average molecular weight is 464 g/mol. The molecule has 4 nitrogen and oxygen atoms in total. The molecule has 4 aromatic rings. The van der Waals surface area contributed by atoms with Crippen LogP contribution < -0.4 is 9.47 Å². The van der Waals surface area contributed by atoms with Gasteiger partial charge in [-0.05, 0) is 48.6 Å². The lowest BCUT2D eigenvalue weighted by Gasteiger charge is -2.10. The number of carbonyl (C=O) groups excluding carboxylic acids is 1. The van der Waals surface area contributed by atoms with E-state index in [0.717, 1.165) is 22.2 Å². The molecule has 0 amide bonds. The summed E-state index contributed by atoms with van der Waals surface area (Å²) in [6.45, 7) is 1.70. The smallest absolute Gasteiger partial charge is 0.308 e. The van der Waals surface area contributed by atoms with Crippen molar-refractivity contribution in [1.29, 1.82) is 0 Å². The first-order valence-corrected chi connectivity index (χ1v) is 10.7. The third-order valence-electron chi connectivity index (χ3n) is 4.70. The minimum Gasteiger partial charge on any atom is -0.487 e. The van der Waals surface area contributed by atoms with E-state index in [4.69, 9.17) is 37.7 Å². The summed E-state index contributed by atoms with van der Waals surface area (Å²) in [6.07, 6.45) is 3.65.